The molecule has 5 heteroatoms. The van der Waals surface area contributed by atoms with Crippen LogP contribution in [0.4, 0.5) is 5.69 Å². The van der Waals surface area contributed by atoms with Gasteiger partial charge in [-0.15, -0.1) is 0 Å². The summed E-state index contributed by atoms with van der Waals surface area (Å²) in [6.07, 6.45) is 2.14. The van der Waals surface area contributed by atoms with Gasteiger partial charge in [-0.1, -0.05) is 31.0 Å². The number of aryl methyl sites for hydroxylation is 1. The number of benzene rings is 1. The fourth-order valence-electron chi connectivity index (χ4n) is 1.32. The van der Waals surface area contributed by atoms with E-state index in [-0.39, 0.29) is 0 Å². The Bertz CT molecular complexity index is 390. The summed E-state index contributed by atoms with van der Waals surface area (Å²) in [5.41, 5.74) is 4.44. The molecule has 1 aromatic rings. The van der Waals surface area contributed by atoms with Crippen molar-refractivity contribution in [2.75, 3.05) is 11.9 Å². The largest absolute Gasteiger partial charge is 0.324 e. The second kappa shape index (κ2) is 7.14. The third kappa shape index (κ3) is 4.63. The number of guanidine groups is 1. The van der Waals surface area contributed by atoms with Gasteiger partial charge in [0.15, 0.2) is 0 Å². The zero-order chi connectivity index (χ0) is 12.7. The summed E-state index contributed by atoms with van der Waals surface area (Å²) < 4.78 is 0. The van der Waals surface area contributed by atoms with Crippen LogP contribution in [-0.2, 0) is 0 Å². The maximum Gasteiger partial charge on any atom is 0.210 e. The quantitative estimate of drug-likeness (QED) is 0.255. The Hall–Kier alpha value is -1.26. The van der Waals surface area contributed by atoms with Crippen molar-refractivity contribution < 1.29 is 0 Å². The van der Waals surface area contributed by atoms with Crippen molar-refractivity contribution in [3.63, 3.8) is 0 Å². The van der Waals surface area contributed by atoms with E-state index in [9.17, 15) is 0 Å². The van der Waals surface area contributed by atoms with Gasteiger partial charge in [0.05, 0.1) is 10.7 Å². The Balaban J connectivity index is 2.70. The Labute approximate surface area is 107 Å². The van der Waals surface area contributed by atoms with E-state index in [1.807, 2.05) is 25.1 Å². The highest BCUT2D eigenvalue weighted by Gasteiger charge is 2.02. The van der Waals surface area contributed by atoms with Crippen molar-refractivity contribution in [3.05, 3.63) is 28.8 Å². The van der Waals surface area contributed by atoms with Gasteiger partial charge in [0.1, 0.15) is 0 Å². The SMILES string of the molecule is CCCCN=C(NN)Nc1ccc(C)cc1Cl. The Kier molecular flexibility index (Phi) is 5.80. The zero-order valence-electron chi connectivity index (χ0n) is 10.3. The summed E-state index contributed by atoms with van der Waals surface area (Å²) in [4.78, 5) is 4.30. The topological polar surface area (TPSA) is 62.4 Å². The van der Waals surface area contributed by atoms with Crippen molar-refractivity contribution in [2.45, 2.75) is 26.7 Å². The zero-order valence-corrected chi connectivity index (χ0v) is 11.0. The van der Waals surface area contributed by atoms with E-state index in [2.05, 4.69) is 22.7 Å². The predicted octanol–water partition coefficient (Wildman–Crippen LogP) is 2.68. The molecule has 0 atom stereocenters. The van der Waals surface area contributed by atoms with Gasteiger partial charge in [0.25, 0.3) is 0 Å². The number of hydrogen-bond donors (Lipinski definition) is 3. The smallest absolute Gasteiger partial charge is 0.210 e. The van der Waals surface area contributed by atoms with Gasteiger partial charge in [-0.2, -0.15) is 0 Å². The maximum absolute atomic E-state index is 6.11. The highest BCUT2D eigenvalue weighted by molar-refractivity contribution is 6.33. The lowest BCUT2D eigenvalue weighted by atomic mass is 10.2. The van der Waals surface area contributed by atoms with Crippen LogP contribution in [0.15, 0.2) is 23.2 Å². The Morgan fingerprint density at radius 1 is 1.47 bits per heavy atom. The molecule has 0 aliphatic heterocycles. The van der Waals surface area contributed by atoms with Crippen molar-refractivity contribution >= 4 is 23.2 Å². The van der Waals surface area contributed by atoms with Gasteiger partial charge < -0.3 is 5.32 Å². The van der Waals surface area contributed by atoms with Gasteiger partial charge in [-0.05, 0) is 31.0 Å². The molecule has 4 N–H and O–H groups in total. The molecule has 0 unspecified atom stereocenters. The highest BCUT2D eigenvalue weighted by atomic mass is 35.5. The Morgan fingerprint density at radius 2 is 2.24 bits per heavy atom. The normalized spacial score (nSPS) is 11.4. The summed E-state index contributed by atoms with van der Waals surface area (Å²) >= 11 is 6.11. The summed E-state index contributed by atoms with van der Waals surface area (Å²) in [6, 6.07) is 5.78. The molecule has 1 aromatic carbocycles. The molecule has 0 saturated heterocycles. The van der Waals surface area contributed by atoms with Crippen molar-refractivity contribution in [1.82, 2.24) is 5.43 Å². The molecule has 0 aliphatic carbocycles. The van der Waals surface area contributed by atoms with Crippen LogP contribution in [0.25, 0.3) is 0 Å². The minimum Gasteiger partial charge on any atom is -0.324 e. The lowest BCUT2D eigenvalue weighted by Gasteiger charge is -2.11. The number of halogens is 1. The van der Waals surface area contributed by atoms with E-state index in [0.717, 1.165) is 30.6 Å². The molecule has 0 fully saturated rings. The fraction of sp³-hybridized carbons (Fsp3) is 0.417. The van der Waals surface area contributed by atoms with E-state index < -0.39 is 0 Å². The van der Waals surface area contributed by atoms with Gasteiger partial charge in [0.2, 0.25) is 5.96 Å². The molecular weight excluding hydrogens is 236 g/mol. The van der Waals surface area contributed by atoms with Crippen LogP contribution in [-0.4, -0.2) is 12.5 Å². The van der Waals surface area contributed by atoms with Gasteiger partial charge >= 0.3 is 0 Å². The second-order valence-corrected chi connectivity index (χ2v) is 4.24. The lowest BCUT2D eigenvalue weighted by Crippen LogP contribution is -2.36. The third-order valence-electron chi connectivity index (χ3n) is 2.30. The number of hydrogen-bond acceptors (Lipinski definition) is 2. The number of nitrogens with one attached hydrogen (secondary N) is 2. The van der Waals surface area contributed by atoms with Crippen LogP contribution in [0.2, 0.25) is 5.02 Å². The number of anilines is 1. The molecule has 1 rings (SSSR count). The third-order valence-corrected chi connectivity index (χ3v) is 2.61. The van der Waals surface area contributed by atoms with Crippen LogP contribution in [0.5, 0.6) is 0 Å². The minimum absolute atomic E-state index is 0.532. The monoisotopic (exact) mass is 254 g/mol. The van der Waals surface area contributed by atoms with Gasteiger partial charge in [-0.25, -0.2) is 5.84 Å². The standard InChI is InChI=1S/C12H19ClN4/c1-3-4-7-15-12(17-14)16-11-6-5-9(2)8-10(11)13/h5-6,8H,3-4,7,14H2,1-2H3,(H2,15,16,17). The number of hydrazine groups is 1. The molecule has 17 heavy (non-hydrogen) atoms. The summed E-state index contributed by atoms with van der Waals surface area (Å²) in [5.74, 6) is 5.93. The predicted molar refractivity (Wildman–Crippen MR) is 74.3 cm³/mol. The summed E-state index contributed by atoms with van der Waals surface area (Å²) in [5, 5.41) is 3.72. The molecule has 0 saturated carbocycles. The molecular formula is C12H19ClN4. The van der Waals surface area contributed by atoms with Crippen LogP contribution in [0, 0.1) is 6.92 Å². The van der Waals surface area contributed by atoms with Crippen LogP contribution < -0.4 is 16.6 Å². The number of unbranched alkanes of at least 4 members (excludes halogenated alkanes) is 1. The van der Waals surface area contributed by atoms with E-state index in [1.54, 1.807) is 0 Å². The molecule has 4 nitrogen and oxygen atoms in total. The average Bonchev–Trinajstić information content (AvgIpc) is 2.31. The number of nitrogens with zero attached hydrogens (tertiary/aromatic N) is 1. The molecule has 0 bridgehead atoms. The van der Waals surface area contributed by atoms with Crippen LogP contribution in [0.3, 0.4) is 0 Å². The van der Waals surface area contributed by atoms with E-state index in [1.165, 1.54) is 0 Å². The first-order chi connectivity index (χ1) is 8.17. The van der Waals surface area contributed by atoms with Crippen LogP contribution in [0.1, 0.15) is 25.3 Å². The van der Waals surface area contributed by atoms with Gasteiger partial charge in [-0.3, -0.25) is 10.4 Å². The number of nitrogens with two attached hydrogens (primary N) is 1. The van der Waals surface area contributed by atoms with Crippen LogP contribution >= 0.6 is 11.6 Å². The first-order valence-electron chi connectivity index (χ1n) is 5.71. The number of rotatable bonds is 4. The van der Waals surface area contributed by atoms with E-state index in [0.29, 0.717) is 11.0 Å². The maximum atomic E-state index is 6.11. The molecule has 0 amide bonds. The van der Waals surface area contributed by atoms with Crippen molar-refractivity contribution in [1.29, 1.82) is 0 Å². The van der Waals surface area contributed by atoms with Crippen molar-refractivity contribution in [3.8, 4) is 0 Å². The Morgan fingerprint density at radius 3 is 2.82 bits per heavy atom. The van der Waals surface area contributed by atoms with E-state index in [4.69, 9.17) is 17.4 Å². The summed E-state index contributed by atoms with van der Waals surface area (Å²) in [6.45, 7) is 4.86. The second-order valence-electron chi connectivity index (χ2n) is 3.84. The van der Waals surface area contributed by atoms with E-state index >= 15 is 0 Å². The number of aliphatic imine (C=N–C) groups is 1. The molecule has 94 valence electrons. The minimum atomic E-state index is 0.532. The summed E-state index contributed by atoms with van der Waals surface area (Å²) in [7, 11) is 0. The first kappa shape index (κ1) is 13.8. The lowest BCUT2D eigenvalue weighted by molar-refractivity contribution is 0.801. The highest BCUT2D eigenvalue weighted by Crippen LogP contribution is 2.22. The average molecular weight is 255 g/mol. The first-order valence-corrected chi connectivity index (χ1v) is 6.09. The molecule has 0 aliphatic rings. The fourth-order valence-corrected chi connectivity index (χ4v) is 1.60. The van der Waals surface area contributed by atoms with Gasteiger partial charge in [0, 0.05) is 6.54 Å². The molecule has 0 aromatic heterocycles. The molecule has 0 heterocycles. The molecule has 0 spiro atoms. The van der Waals surface area contributed by atoms with Crippen molar-refractivity contribution in [2.24, 2.45) is 10.8 Å². The molecule has 0 radical (unpaired) electrons.